The average molecular weight is 580 g/mol. The van der Waals surface area contributed by atoms with Crippen molar-refractivity contribution in [3.05, 3.63) is 45.6 Å². The Labute approximate surface area is 229 Å². The van der Waals surface area contributed by atoms with E-state index in [4.69, 9.17) is 13.9 Å². The molecule has 0 spiro atoms. The molecule has 0 saturated carbocycles. The predicted octanol–water partition coefficient (Wildman–Crippen LogP) is -1.84. The van der Waals surface area contributed by atoms with Gasteiger partial charge < -0.3 is 70.1 Å². The van der Waals surface area contributed by atoms with Gasteiger partial charge in [0, 0.05) is 29.0 Å². The molecule has 0 amide bonds. The van der Waals surface area contributed by atoms with Gasteiger partial charge in [-0.25, -0.2) is 0 Å². The van der Waals surface area contributed by atoms with Crippen molar-refractivity contribution < 1.29 is 70.1 Å². The fourth-order valence-electron chi connectivity index (χ4n) is 5.47. The van der Waals surface area contributed by atoms with Gasteiger partial charge in [-0.1, -0.05) is 0 Å². The Morgan fingerprint density at radius 3 is 2.05 bits per heavy atom. The fourth-order valence-corrected chi connectivity index (χ4v) is 5.47. The minimum Gasteiger partial charge on any atom is -0.507 e. The number of phenols is 4. The molecule has 2 fully saturated rings. The summed E-state index contributed by atoms with van der Waals surface area (Å²) in [6.45, 7) is -1.68. The zero-order valence-electron chi connectivity index (χ0n) is 21.0. The topological polar surface area (TPSA) is 271 Å². The Bertz CT molecular complexity index is 1520. The van der Waals surface area contributed by atoms with E-state index in [9.17, 15) is 61.0 Å². The minimum atomic E-state index is -1.97. The summed E-state index contributed by atoms with van der Waals surface area (Å²) in [5.74, 6) is -6.09. The van der Waals surface area contributed by atoms with Gasteiger partial charge in [0.2, 0.25) is 0 Å². The standard InChI is InChI=1S/C26H28O15/c27-5-8-18(32)25(37)41-23(8)17-20(34)16(15-13(6-28)40-26(38)22(36)21(15)35)19(33)14-11(31)4-12(39-24(14)17)7-1-2-9(29)10(30)3-7/h1-4,8,13,15,18,21-23,25-30,32-38H,5-6H2. The van der Waals surface area contributed by atoms with Crippen LogP contribution in [0, 0.1) is 5.92 Å². The van der Waals surface area contributed by atoms with E-state index in [0.29, 0.717) is 0 Å². The maximum atomic E-state index is 13.5. The molecule has 2 aliphatic rings. The molecule has 9 atom stereocenters. The van der Waals surface area contributed by atoms with Gasteiger partial charge in [-0.05, 0) is 18.2 Å². The summed E-state index contributed by atoms with van der Waals surface area (Å²) in [5.41, 5.74) is -2.47. The molecule has 15 nitrogen and oxygen atoms in total. The summed E-state index contributed by atoms with van der Waals surface area (Å²) in [6, 6.07) is 4.38. The van der Waals surface area contributed by atoms with Crippen LogP contribution in [-0.2, 0) is 9.47 Å². The van der Waals surface area contributed by atoms with Crippen molar-refractivity contribution in [2.24, 2.45) is 5.92 Å². The second-order valence-corrected chi connectivity index (χ2v) is 9.95. The first-order valence-corrected chi connectivity index (χ1v) is 12.4. The van der Waals surface area contributed by atoms with Crippen molar-refractivity contribution >= 4 is 11.0 Å². The van der Waals surface area contributed by atoms with E-state index in [2.05, 4.69) is 0 Å². The fraction of sp³-hybridized carbons (Fsp3) is 0.423. The highest BCUT2D eigenvalue weighted by atomic mass is 16.6. The zero-order valence-corrected chi connectivity index (χ0v) is 21.0. The third-order valence-corrected chi connectivity index (χ3v) is 7.59. The normalized spacial score (nSPS) is 32.0. The van der Waals surface area contributed by atoms with Crippen LogP contribution in [0.25, 0.3) is 22.3 Å². The van der Waals surface area contributed by atoms with E-state index in [1.54, 1.807) is 0 Å². The van der Waals surface area contributed by atoms with Gasteiger partial charge in [0.05, 0.1) is 31.0 Å². The minimum absolute atomic E-state index is 0.0768. The summed E-state index contributed by atoms with van der Waals surface area (Å²) >= 11 is 0. The Morgan fingerprint density at radius 1 is 0.732 bits per heavy atom. The lowest BCUT2D eigenvalue weighted by Gasteiger charge is -2.41. The Balaban J connectivity index is 1.85. The van der Waals surface area contributed by atoms with Crippen molar-refractivity contribution in [1.82, 2.24) is 0 Å². The Kier molecular flexibility index (Phi) is 7.58. The van der Waals surface area contributed by atoms with Gasteiger partial charge in [-0.15, -0.1) is 0 Å². The maximum Gasteiger partial charge on any atom is 0.197 e. The Hall–Kier alpha value is -3.51. The van der Waals surface area contributed by atoms with Crippen molar-refractivity contribution in [2.45, 2.75) is 49.0 Å². The molecule has 3 aromatic rings. The highest BCUT2D eigenvalue weighted by Crippen LogP contribution is 2.52. The molecule has 5 rings (SSSR count). The summed E-state index contributed by atoms with van der Waals surface area (Å²) in [5, 5.41) is 113. The van der Waals surface area contributed by atoms with E-state index in [1.807, 2.05) is 0 Å². The number of aromatic hydroxyl groups is 4. The monoisotopic (exact) mass is 580 g/mol. The number of rotatable bonds is 5. The number of hydrogen-bond acceptors (Lipinski definition) is 15. The van der Waals surface area contributed by atoms with Gasteiger partial charge >= 0.3 is 0 Å². The van der Waals surface area contributed by atoms with Crippen LogP contribution >= 0.6 is 0 Å². The van der Waals surface area contributed by atoms with Crippen molar-refractivity contribution in [3.63, 3.8) is 0 Å². The lowest BCUT2D eigenvalue weighted by atomic mass is 9.79. The molecule has 11 N–H and O–H groups in total. The van der Waals surface area contributed by atoms with E-state index < -0.39 is 119 Å². The molecule has 2 aromatic carbocycles. The van der Waals surface area contributed by atoms with E-state index >= 15 is 0 Å². The number of aliphatic hydroxyl groups is 7. The lowest BCUT2D eigenvalue weighted by molar-refractivity contribution is -0.260. The van der Waals surface area contributed by atoms with Crippen LogP contribution < -0.4 is 5.43 Å². The Morgan fingerprint density at radius 2 is 1.41 bits per heavy atom. The molecule has 0 aliphatic carbocycles. The number of phenolic OH excluding ortho intramolecular Hbond substituents is 4. The average Bonchev–Trinajstić information content (AvgIpc) is 3.21. The summed E-state index contributed by atoms with van der Waals surface area (Å²) in [4.78, 5) is 13.5. The van der Waals surface area contributed by atoms with Crippen LogP contribution in [0.2, 0.25) is 0 Å². The highest BCUT2D eigenvalue weighted by molar-refractivity contribution is 5.92. The van der Waals surface area contributed by atoms with Gasteiger partial charge in [0.15, 0.2) is 35.1 Å². The van der Waals surface area contributed by atoms with Gasteiger partial charge in [-0.3, -0.25) is 4.79 Å². The van der Waals surface area contributed by atoms with Crippen molar-refractivity contribution in [2.75, 3.05) is 13.2 Å². The third kappa shape index (κ3) is 4.57. The summed E-state index contributed by atoms with van der Waals surface area (Å²) in [7, 11) is 0. The number of ether oxygens (including phenoxy) is 2. The smallest absolute Gasteiger partial charge is 0.197 e. The molecule has 1 aromatic heterocycles. The van der Waals surface area contributed by atoms with Crippen LogP contribution in [0.4, 0.5) is 0 Å². The first-order chi connectivity index (χ1) is 19.4. The number of aliphatic hydroxyl groups excluding tert-OH is 7. The summed E-state index contributed by atoms with van der Waals surface area (Å²) in [6.07, 6.45) is -12.5. The lowest BCUT2D eigenvalue weighted by Crippen LogP contribution is -2.54. The van der Waals surface area contributed by atoms with E-state index in [-0.39, 0.29) is 11.3 Å². The predicted molar refractivity (Wildman–Crippen MR) is 134 cm³/mol. The molecular formula is C26H28O15. The van der Waals surface area contributed by atoms with Crippen LogP contribution in [0.5, 0.6) is 23.0 Å². The van der Waals surface area contributed by atoms with Crippen LogP contribution in [0.1, 0.15) is 23.1 Å². The molecule has 3 heterocycles. The molecule has 41 heavy (non-hydrogen) atoms. The van der Waals surface area contributed by atoms with Gasteiger partial charge in [0.1, 0.15) is 41.0 Å². The molecule has 15 heteroatoms. The zero-order chi connectivity index (χ0) is 29.9. The first-order valence-electron chi connectivity index (χ1n) is 12.4. The molecular weight excluding hydrogens is 552 g/mol. The number of hydrogen-bond donors (Lipinski definition) is 11. The first kappa shape index (κ1) is 29.0. The van der Waals surface area contributed by atoms with E-state index in [1.165, 1.54) is 6.07 Å². The largest absolute Gasteiger partial charge is 0.507 e. The number of fused-ring (bicyclic) bond motifs is 1. The second-order valence-electron chi connectivity index (χ2n) is 9.95. The van der Waals surface area contributed by atoms with Crippen LogP contribution in [-0.4, -0.2) is 106 Å². The number of benzene rings is 2. The van der Waals surface area contributed by atoms with Gasteiger partial charge in [-0.2, -0.15) is 0 Å². The molecule has 2 saturated heterocycles. The van der Waals surface area contributed by atoms with Crippen molar-refractivity contribution in [3.8, 4) is 34.3 Å². The SMILES string of the molecule is O=c1cc(-c2ccc(O)c(O)c2)oc2c(C3OC(O)C(O)C3CO)c(O)c(C3C(CO)OC(O)C(O)C3O)c(O)c12. The highest BCUT2D eigenvalue weighted by Gasteiger charge is 2.50. The van der Waals surface area contributed by atoms with Crippen LogP contribution in [0.3, 0.4) is 0 Å². The van der Waals surface area contributed by atoms with E-state index in [0.717, 1.165) is 18.2 Å². The van der Waals surface area contributed by atoms with Gasteiger partial charge in [0.25, 0.3) is 0 Å². The molecule has 0 bridgehead atoms. The maximum absolute atomic E-state index is 13.5. The molecule has 9 unspecified atom stereocenters. The van der Waals surface area contributed by atoms with Crippen molar-refractivity contribution in [1.29, 1.82) is 0 Å². The summed E-state index contributed by atoms with van der Waals surface area (Å²) < 4.78 is 16.4. The second kappa shape index (κ2) is 10.7. The third-order valence-electron chi connectivity index (χ3n) is 7.59. The molecule has 2 aliphatic heterocycles. The quantitative estimate of drug-likeness (QED) is 0.148. The molecule has 0 radical (unpaired) electrons. The van der Waals surface area contributed by atoms with Crippen LogP contribution in [0.15, 0.2) is 33.5 Å². The molecule has 222 valence electrons.